The van der Waals surface area contributed by atoms with Crippen molar-refractivity contribution in [2.75, 3.05) is 19.5 Å². The molecule has 0 aliphatic carbocycles. The standard InChI is InChI=1S/C18H32N3O8P/c1-17(2,3)26-10-11-13(28-30(23,24)29-18(4,5)6)14(25-7)15(27-11)21-9-8-12(19)20-16(21)22/h8-9,11,13-15H,10H2,1-7H3,(H,23,24)(H2,19,20,22)/t11-,13?,14+,15-/m1/s1. The summed E-state index contributed by atoms with van der Waals surface area (Å²) in [7, 11) is -3.11. The zero-order valence-corrected chi connectivity index (χ0v) is 19.3. The lowest BCUT2D eigenvalue weighted by Gasteiger charge is -2.29. The molecule has 0 radical (unpaired) electrons. The Morgan fingerprint density at radius 3 is 2.37 bits per heavy atom. The van der Waals surface area contributed by atoms with Crippen molar-refractivity contribution in [1.82, 2.24) is 9.55 Å². The second kappa shape index (κ2) is 9.04. The van der Waals surface area contributed by atoms with E-state index in [9.17, 15) is 14.3 Å². The molecule has 2 heterocycles. The number of nitrogens with zero attached hydrogens (tertiary/aromatic N) is 2. The highest BCUT2D eigenvalue weighted by Crippen LogP contribution is 2.51. The van der Waals surface area contributed by atoms with Crippen molar-refractivity contribution < 1.29 is 32.7 Å². The number of hydrogen-bond acceptors (Lipinski definition) is 9. The molecule has 1 saturated heterocycles. The van der Waals surface area contributed by atoms with Gasteiger partial charge in [-0.2, -0.15) is 4.98 Å². The molecule has 2 rings (SSSR count). The number of anilines is 1. The Morgan fingerprint density at radius 1 is 1.23 bits per heavy atom. The van der Waals surface area contributed by atoms with Gasteiger partial charge in [0.1, 0.15) is 24.1 Å². The quantitative estimate of drug-likeness (QED) is 0.592. The van der Waals surface area contributed by atoms with E-state index in [1.807, 2.05) is 20.8 Å². The Hall–Kier alpha value is -1.33. The fraction of sp³-hybridized carbons (Fsp3) is 0.778. The fourth-order valence-electron chi connectivity index (χ4n) is 2.92. The van der Waals surface area contributed by atoms with Crippen molar-refractivity contribution in [2.45, 2.75) is 77.3 Å². The number of rotatable bonds is 7. The monoisotopic (exact) mass is 449 g/mol. The minimum absolute atomic E-state index is 0.0250. The van der Waals surface area contributed by atoms with Crippen molar-refractivity contribution in [3.05, 3.63) is 22.7 Å². The molecule has 11 nitrogen and oxygen atoms in total. The number of methoxy groups -OCH3 is 1. The highest BCUT2D eigenvalue weighted by atomic mass is 31.2. The molecular formula is C18H32N3O8P. The van der Waals surface area contributed by atoms with E-state index in [1.54, 1.807) is 20.8 Å². The van der Waals surface area contributed by atoms with Gasteiger partial charge in [-0.3, -0.25) is 13.6 Å². The smallest absolute Gasteiger partial charge is 0.383 e. The number of hydrogen-bond donors (Lipinski definition) is 2. The van der Waals surface area contributed by atoms with Crippen LogP contribution in [0, 0.1) is 0 Å². The first-order valence-electron chi connectivity index (χ1n) is 9.51. The van der Waals surface area contributed by atoms with E-state index in [0.29, 0.717) is 0 Å². The third-order valence-electron chi connectivity index (χ3n) is 4.01. The van der Waals surface area contributed by atoms with Gasteiger partial charge < -0.3 is 24.8 Å². The number of ether oxygens (including phenoxy) is 3. The number of aromatic nitrogens is 2. The Morgan fingerprint density at radius 2 is 1.87 bits per heavy atom. The van der Waals surface area contributed by atoms with Crippen LogP contribution >= 0.6 is 7.82 Å². The van der Waals surface area contributed by atoms with Crippen LogP contribution in [0.2, 0.25) is 0 Å². The molecule has 1 fully saturated rings. The van der Waals surface area contributed by atoms with Gasteiger partial charge in [0.25, 0.3) is 0 Å². The van der Waals surface area contributed by atoms with Gasteiger partial charge in [0.2, 0.25) is 0 Å². The zero-order chi connectivity index (χ0) is 22.9. The normalized spacial score (nSPS) is 27.2. The summed E-state index contributed by atoms with van der Waals surface area (Å²) < 4.78 is 41.7. The van der Waals surface area contributed by atoms with Crippen LogP contribution in [0.1, 0.15) is 47.8 Å². The molecule has 30 heavy (non-hydrogen) atoms. The molecule has 1 aliphatic heterocycles. The van der Waals surface area contributed by atoms with E-state index in [2.05, 4.69) is 4.98 Å². The Balaban J connectivity index is 2.37. The molecule has 1 aliphatic rings. The first kappa shape index (κ1) is 24.9. The Bertz CT molecular complexity index is 832. The number of nitrogen functional groups attached to an aromatic ring is 1. The van der Waals surface area contributed by atoms with Crippen LogP contribution in [-0.2, 0) is 27.8 Å². The fourth-order valence-corrected chi connectivity index (χ4v) is 4.22. The maximum atomic E-state index is 12.6. The lowest BCUT2D eigenvalue weighted by molar-refractivity contribution is -0.102. The summed E-state index contributed by atoms with van der Waals surface area (Å²) in [6.07, 6.45) is -2.39. The molecule has 2 unspecified atom stereocenters. The van der Waals surface area contributed by atoms with Gasteiger partial charge in [-0.05, 0) is 47.6 Å². The molecule has 0 aromatic carbocycles. The summed E-state index contributed by atoms with van der Waals surface area (Å²) in [6.45, 7) is 10.5. The van der Waals surface area contributed by atoms with E-state index in [1.165, 1.54) is 23.9 Å². The van der Waals surface area contributed by atoms with Gasteiger partial charge in [0.05, 0.1) is 17.8 Å². The van der Waals surface area contributed by atoms with Crippen molar-refractivity contribution >= 4 is 13.6 Å². The number of phosphoric acid groups is 1. The molecule has 0 amide bonds. The maximum Gasteiger partial charge on any atom is 0.473 e. The van der Waals surface area contributed by atoms with Gasteiger partial charge in [-0.25, -0.2) is 9.36 Å². The second-order valence-electron chi connectivity index (χ2n) is 8.97. The molecule has 12 heteroatoms. The topological polar surface area (TPSA) is 144 Å². The van der Waals surface area contributed by atoms with E-state index < -0.39 is 49.3 Å². The van der Waals surface area contributed by atoms with Gasteiger partial charge in [-0.15, -0.1) is 0 Å². The predicted octanol–water partition coefficient (Wildman–Crippen LogP) is 1.85. The first-order valence-corrected chi connectivity index (χ1v) is 11.0. The average molecular weight is 449 g/mol. The molecular weight excluding hydrogens is 417 g/mol. The Kier molecular flexibility index (Phi) is 7.51. The van der Waals surface area contributed by atoms with Crippen LogP contribution in [0.5, 0.6) is 0 Å². The van der Waals surface area contributed by atoms with Gasteiger partial charge in [0.15, 0.2) is 6.23 Å². The van der Waals surface area contributed by atoms with Crippen molar-refractivity contribution in [2.24, 2.45) is 0 Å². The molecule has 5 atom stereocenters. The predicted molar refractivity (Wildman–Crippen MR) is 109 cm³/mol. The number of phosphoric ester groups is 1. The van der Waals surface area contributed by atoms with Crippen LogP contribution in [-0.4, -0.2) is 57.7 Å². The molecule has 172 valence electrons. The van der Waals surface area contributed by atoms with Crippen LogP contribution < -0.4 is 11.4 Å². The minimum atomic E-state index is -4.49. The van der Waals surface area contributed by atoms with Gasteiger partial charge >= 0.3 is 13.5 Å². The molecule has 1 aromatic heterocycles. The van der Waals surface area contributed by atoms with E-state index in [0.717, 1.165) is 0 Å². The Labute approximate surface area is 176 Å². The maximum absolute atomic E-state index is 12.6. The van der Waals surface area contributed by atoms with E-state index in [-0.39, 0.29) is 12.4 Å². The lowest BCUT2D eigenvalue weighted by atomic mass is 10.1. The number of nitrogens with two attached hydrogens (primary N) is 1. The first-order chi connectivity index (χ1) is 13.6. The van der Waals surface area contributed by atoms with Crippen molar-refractivity contribution in [3.8, 4) is 0 Å². The summed E-state index contributed by atoms with van der Waals surface area (Å²) in [5.41, 5.74) is 3.47. The summed E-state index contributed by atoms with van der Waals surface area (Å²) in [6, 6.07) is 1.44. The third kappa shape index (κ3) is 6.84. The molecule has 3 N–H and O–H groups in total. The van der Waals surface area contributed by atoms with Gasteiger partial charge in [0, 0.05) is 13.3 Å². The SMILES string of the molecule is CO[C@H]1C(OP(=O)(O)OC(C)(C)C)[C@@H](COC(C)(C)C)O[C@H]1n1ccc(N)nc1=O. The summed E-state index contributed by atoms with van der Waals surface area (Å²) in [4.78, 5) is 26.3. The average Bonchev–Trinajstić information content (AvgIpc) is 2.86. The summed E-state index contributed by atoms with van der Waals surface area (Å²) in [5.74, 6) is 0.0575. The summed E-state index contributed by atoms with van der Waals surface area (Å²) in [5, 5.41) is 0. The van der Waals surface area contributed by atoms with Crippen LogP contribution in [0.3, 0.4) is 0 Å². The van der Waals surface area contributed by atoms with E-state index in [4.69, 9.17) is 29.0 Å². The lowest BCUT2D eigenvalue weighted by Crippen LogP contribution is -2.40. The largest absolute Gasteiger partial charge is 0.473 e. The van der Waals surface area contributed by atoms with Gasteiger partial charge in [-0.1, -0.05) is 0 Å². The zero-order valence-electron chi connectivity index (χ0n) is 18.4. The van der Waals surface area contributed by atoms with Crippen molar-refractivity contribution in [3.63, 3.8) is 0 Å². The second-order valence-corrected chi connectivity index (χ2v) is 10.3. The van der Waals surface area contributed by atoms with E-state index >= 15 is 0 Å². The third-order valence-corrected chi connectivity index (χ3v) is 5.30. The molecule has 1 aromatic rings. The summed E-state index contributed by atoms with van der Waals surface area (Å²) >= 11 is 0. The van der Waals surface area contributed by atoms with Crippen LogP contribution in [0.25, 0.3) is 0 Å². The highest BCUT2D eigenvalue weighted by molar-refractivity contribution is 7.47. The van der Waals surface area contributed by atoms with Crippen LogP contribution in [0.4, 0.5) is 5.82 Å². The molecule has 0 spiro atoms. The molecule has 0 bridgehead atoms. The minimum Gasteiger partial charge on any atom is -0.383 e. The molecule has 0 saturated carbocycles. The van der Waals surface area contributed by atoms with Crippen LogP contribution in [0.15, 0.2) is 17.1 Å². The van der Waals surface area contributed by atoms with Crippen molar-refractivity contribution in [1.29, 1.82) is 0 Å². The highest BCUT2D eigenvalue weighted by Gasteiger charge is 2.51.